The van der Waals surface area contributed by atoms with E-state index in [2.05, 4.69) is 29.2 Å². The second-order valence-corrected chi connectivity index (χ2v) is 6.96. The fourth-order valence-electron chi connectivity index (χ4n) is 2.50. The number of thiophene rings is 1. The van der Waals surface area contributed by atoms with Crippen LogP contribution in [0.1, 0.15) is 9.67 Å². The standard InChI is InChI=1S/C17H11NO2S2/c19-17(20)15-9-10-16(22-15)18-11-5-1-3-7-13(11)21-14-8-4-2-6-12(14)18/h1-10H,(H,19,20). The number of benzene rings is 2. The van der Waals surface area contributed by atoms with Gasteiger partial charge in [0.15, 0.2) is 0 Å². The van der Waals surface area contributed by atoms with Crippen LogP contribution in [0.4, 0.5) is 16.4 Å². The molecular formula is C17H11NO2S2. The largest absolute Gasteiger partial charge is 0.477 e. The number of para-hydroxylation sites is 2. The van der Waals surface area contributed by atoms with Crippen molar-refractivity contribution in [3.63, 3.8) is 0 Å². The molecule has 1 aliphatic heterocycles. The molecule has 3 aromatic rings. The Morgan fingerprint density at radius 1 is 0.864 bits per heavy atom. The van der Waals surface area contributed by atoms with Crippen LogP contribution < -0.4 is 4.90 Å². The summed E-state index contributed by atoms with van der Waals surface area (Å²) in [6.45, 7) is 0. The highest BCUT2D eigenvalue weighted by Gasteiger charge is 2.25. The van der Waals surface area contributed by atoms with Gasteiger partial charge in [0.2, 0.25) is 0 Å². The van der Waals surface area contributed by atoms with Gasteiger partial charge in [0.05, 0.1) is 11.4 Å². The van der Waals surface area contributed by atoms with E-state index >= 15 is 0 Å². The summed E-state index contributed by atoms with van der Waals surface area (Å²) >= 11 is 3.03. The van der Waals surface area contributed by atoms with Crippen LogP contribution in [0.5, 0.6) is 0 Å². The van der Waals surface area contributed by atoms with Gasteiger partial charge in [0.25, 0.3) is 0 Å². The number of rotatable bonds is 2. The minimum Gasteiger partial charge on any atom is -0.477 e. The van der Waals surface area contributed by atoms with Crippen molar-refractivity contribution in [3.8, 4) is 0 Å². The van der Waals surface area contributed by atoms with Crippen LogP contribution in [0, 0.1) is 0 Å². The molecule has 5 heteroatoms. The molecule has 0 spiro atoms. The highest BCUT2D eigenvalue weighted by Crippen LogP contribution is 2.52. The van der Waals surface area contributed by atoms with Crippen LogP contribution in [0.25, 0.3) is 0 Å². The first-order valence-corrected chi connectivity index (χ1v) is 8.36. The molecule has 22 heavy (non-hydrogen) atoms. The van der Waals surface area contributed by atoms with Crippen LogP contribution >= 0.6 is 23.1 Å². The van der Waals surface area contributed by atoms with Gasteiger partial charge in [-0.1, -0.05) is 36.0 Å². The van der Waals surface area contributed by atoms with Crippen LogP contribution in [0.15, 0.2) is 70.5 Å². The minimum absolute atomic E-state index is 0.350. The number of nitrogens with zero attached hydrogens (tertiary/aromatic N) is 1. The number of hydrogen-bond acceptors (Lipinski definition) is 4. The number of carboxylic acid groups (broad SMARTS) is 1. The highest BCUT2D eigenvalue weighted by atomic mass is 32.2. The van der Waals surface area contributed by atoms with E-state index in [1.54, 1.807) is 17.8 Å². The second kappa shape index (κ2) is 5.19. The van der Waals surface area contributed by atoms with Gasteiger partial charge in [-0.15, -0.1) is 11.3 Å². The van der Waals surface area contributed by atoms with E-state index in [0.717, 1.165) is 16.4 Å². The summed E-state index contributed by atoms with van der Waals surface area (Å²) < 4.78 is 0. The summed E-state index contributed by atoms with van der Waals surface area (Å²) in [6.07, 6.45) is 0. The number of carboxylic acids is 1. The lowest BCUT2D eigenvalue weighted by molar-refractivity contribution is 0.0702. The number of fused-ring (bicyclic) bond motifs is 2. The Hall–Kier alpha value is -2.24. The molecule has 2 heterocycles. The third kappa shape index (κ3) is 2.10. The predicted molar refractivity (Wildman–Crippen MR) is 90.1 cm³/mol. The topological polar surface area (TPSA) is 40.5 Å². The van der Waals surface area contributed by atoms with Gasteiger partial charge >= 0.3 is 5.97 Å². The molecule has 0 fully saturated rings. The average Bonchev–Trinajstić information content (AvgIpc) is 3.02. The smallest absolute Gasteiger partial charge is 0.345 e. The van der Waals surface area contributed by atoms with Crippen LogP contribution in [-0.4, -0.2) is 11.1 Å². The first kappa shape index (κ1) is 13.4. The van der Waals surface area contributed by atoms with Crippen LogP contribution in [0.3, 0.4) is 0 Å². The summed E-state index contributed by atoms with van der Waals surface area (Å²) in [5.41, 5.74) is 2.18. The molecule has 0 atom stereocenters. The number of hydrogen-bond donors (Lipinski definition) is 1. The van der Waals surface area contributed by atoms with Crippen LogP contribution in [-0.2, 0) is 0 Å². The summed E-state index contributed by atoms with van der Waals surface area (Å²) in [7, 11) is 0. The molecule has 0 amide bonds. The fraction of sp³-hybridized carbons (Fsp3) is 0. The lowest BCUT2D eigenvalue weighted by Gasteiger charge is -2.31. The van der Waals surface area contributed by atoms with Crippen molar-refractivity contribution < 1.29 is 9.90 Å². The van der Waals surface area contributed by atoms with E-state index in [0.29, 0.717) is 4.88 Å². The van der Waals surface area contributed by atoms with Gasteiger partial charge in [-0.2, -0.15) is 0 Å². The van der Waals surface area contributed by atoms with Crippen molar-refractivity contribution in [2.24, 2.45) is 0 Å². The number of carbonyl (C=O) groups is 1. The average molecular weight is 325 g/mol. The number of aromatic carboxylic acids is 1. The Morgan fingerprint density at radius 2 is 1.45 bits per heavy atom. The van der Waals surface area contributed by atoms with Gasteiger partial charge in [0.1, 0.15) is 9.88 Å². The maximum atomic E-state index is 11.2. The molecule has 0 saturated carbocycles. The molecule has 1 aromatic heterocycles. The zero-order valence-electron chi connectivity index (χ0n) is 11.4. The van der Waals surface area contributed by atoms with Gasteiger partial charge in [-0.05, 0) is 36.4 Å². The van der Waals surface area contributed by atoms with Crippen molar-refractivity contribution in [1.82, 2.24) is 0 Å². The van der Waals surface area contributed by atoms with Gasteiger partial charge < -0.3 is 5.11 Å². The zero-order chi connectivity index (χ0) is 15.1. The van der Waals surface area contributed by atoms with Gasteiger partial charge in [0, 0.05) is 9.79 Å². The lowest BCUT2D eigenvalue weighted by Crippen LogP contribution is -2.13. The van der Waals surface area contributed by atoms with E-state index in [1.807, 2.05) is 30.3 Å². The first-order valence-electron chi connectivity index (χ1n) is 6.73. The van der Waals surface area contributed by atoms with E-state index < -0.39 is 5.97 Å². The van der Waals surface area contributed by atoms with Crippen molar-refractivity contribution in [1.29, 1.82) is 0 Å². The summed E-state index contributed by atoms with van der Waals surface area (Å²) in [4.78, 5) is 16.0. The third-order valence-corrected chi connectivity index (χ3v) is 5.64. The first-order chi connectivity index (χ1) is 10.7. The molecule has 0 bridgehead atoms. The molecule has 0 radical (unpaired) electrons. The van der Waals surface area contributed by atoms with Crippen LogP contribution in [0.2, 0.25) is 0 Å². The predicted octanol–water partition coefficient (Wildman–Crippen LogP) is 5.38. The Kier molecular flexibility index (Phi) is 3.17. The highest BCUT2D eigenvalue weighted by molar-refractivity contribution is 7.99. The maximum absolute atomic E-state index is 11.2. The zero-order valence-corrected chi connectivity index (χ0v) is 13.0. The van der Waals surface area contributed by atoms with E-state index in [1.165, 1.54) is 21.1 Å². The molecular weight excluding hydrogens is 314 g/mol. The summed E-state index contributed by atoms with van der Waals surface area (Å²) in [5.74, 6) is -0.885. The molecule has 1 N–H and O–H groups in total. The Morgan fingerprint density at radius 3 is 2.00 bits per heavy atom. The SMILES string of the molecule is O=C(O)c1ccc(N2c3ccccc3Sc3ccccc32)s1. The van der Waals surface area contributed by atoms with Crippen molar-refractivity contribution >= 4 is 45.4 Å². The summed E-state index contributed by atoms with van der Waals surface area (Å²) in [5, 5.41) is 10.1. The van der Waals surface area contributed by atoms with E-state index in [4.69, 9.17) is 0 Å². The Balaban J connectivity index is 1.92. The molecule has 108 valence electrons. The minimum atomic E-state index is -0.885. The fourth-order valence-corrected chi connectivity index (χ4v) is 4.44. The quantitative estimate of drug-likeness (QED) is 0.537. The van der Waals surface area contributed by atoms with Gasteiger partial charge in [-0.25, -0.2) is 4.79 Å². The monoisotopic (exact) mass is 325 g/mol. The lowest BCUT2D eigenvalue weighted by atomic mass is 10.2. The molecule has 4 rings (SSSR count). The summed E-state index contributed by atoms with van der Waals surface area (Å²) in [6, 6.07) is 19.9. The number of anilines is 3. The Labute approximate surface area is 135 Å². The van der Waals surface area contributed by atoms with E-state index in [9.17, 15) is 9.90 Å². The third-order valence-electron chi connectivity index (χ3n) is 3.46. The molecule has 1 aliphatic rings. The maximum Gasteiger partial charge on any atom is 0.345 e. The normalized spacial score (nSPS) is 12.6. The van der Waals surface area contributed by atoms with Gasteiger partial charge in [-0.3, -0.25) is 4.90 Å². The van der Waals surface area contributed by atoms with Crippen molar-refractivity contribution in [3.05, 3.63) is 65.5 Å². The van der Waals surface area contributed by atoms with Crippen molar-refractivity contribution in [2.45, 2.75) is 9.79 Å². The molecule has 3 nitrogen and oxygen atoms in total. The molecule has 0 aliphatic carbocycles. The van der Waals surface area contributed by atoms with E-state index in [-0.39, 0.29) is 0 Å². The molecule has 0 saturated heterocycles. The molecule has 2 aromatic carbocycles. The van der Waals surface area contributed by atoms with Crippen molar-refractivity contribution in [2.75, 3.05) is 4.90 Å². The Bertz CT molecular complexity index is 827. The second-order valence-electron chi connectivity index (χ2n) is 4.82. The molecule has 0 unspecified atom stereocenters.